The highest BCUT2D eigenvalue weighted by atomic mass is 16.5. The van der Waals surface area contributed by atoms with Crippen LogP contribution in [0.1, 0.15) is 33.1 Å². The summed E-state index contributed by atoms with van der Waals surface area (Å²) in [7, 11) is 0. The van der Waals surface area contributed by atoms with Gasteiger partial charge in [0.05, 0.1) is 13.0 Å². The fraction of sp³-hybridized carbons (Fsp3) is 0.818. The Kier molecular flexibility index (Phi) is 4.59. The van der Waals surface area contributed by atoms with Gasteiger partial charge >= 0.3 is 5.97 Å². The molecule has 0 aromatic heterocycles. The van der Waals surface area contributed by atoms with Crippen LogP contribution in [0.4, 0.5) is 0 Å². The molecular weight excluding hydrogens is 194 g/mol. The molecular formula is C11H19NO3. The number of hydrogen-bond acceptors (Lipinski definition) is 3. The van der Waals surface area contributed by atoms with E-state index < -0.39 is 0 Å². The Labute approximate surface area is 90.4 Å². The molecule has 0 heterocycles. The second-order valence-electron chi connectivity index (χ2n) is 4.08. The molecule has 15 heavy (non-hydrogen) atoms. The maximum absolute atomic E-state index is 11.3. The molecule has 1 aliphatic carbocycles. The molecule has 1 aliphatic rings. The van der Waals surface area contributed by atoms with Gasteiger partial charge < -0.3 is 10.1 Å². The standard InChI is InChI=1S/C11H19NO3/c1-3-6-15-10(13)4-5-12-11(14)9-7-8(9)2/h8-9H,3-7H2,1-2H3,(H,12,14)/t8-,9+/m0/s1. The fourth-order valence-electron chi connectivity index (χ4n) is 1.39. The maximum Gasteiger partial charge on any atom is 0.307 e. The van der Waals surface area contributed by atoms with Crippen molar-refractivity contribution in [3.8, 4) is 0 Å². The van der Waals surface area contributed by atoms with E-state index in [0.29, 0.717) is 19.1 Å². The van der Waals surface area contributed by atoms with Crippen LogP contribution in [0.15, 0.2) is 0 Å². The molecule has 86 valence electrons. The van der Waals surface area contributed by atoms with Crippen molar-refractivity contribution < 1.29 is 14.3 Å². The minimum atomic E-state index is -0.235. The van der Waals surface area contributed by atoms with Crippen LogP contribution >= 0.6 is 0 Å². The molecule has 0 aliphatic heterocycles. The first-order valence-electron chi connectivity index (χ1n) is 5.58. The number of ether oxygens (including phenoxy) is 1. The molecule has 0 unspecified atom stereocenters. The molecule has 4 nitrogen and oxygen atoms in total. The number of rotatable bonds is 6. The summed E-state index contributed by atoms with van der Waals surface area (Å²) in [5.74, 6) is 0.528. The smallest absolute Gasteiger partial charge is 0.307 e. The zero-order valence-electron chi connectivity index (χ0n) is 9.41. The summed E-state index contributed by atoms with van der Waals surface area (Å²) >= 11 is 0. The minimum absolute atomic E-state index is 0.0748. The summed E-state index contributed by atoms with van der Waals surface area (Å²) < 4.78 is 4.88. The molecule has 1 rings (SSSR count). The lowest BCUT2D eigenvalue weighted by atomic mass is 10.3. The van der Waals surface area contributed by atoms with Gasteiger partial charge in [0, 0.05) is 12.5 Å². The molecule has 4 heteroatoms. The molecule has 0 radical (unpaired) electrons. The van der Waals surface area contributed by atoms with Crippen LogP contribution in [0, 0.1) is 11.8 Å². The summed E-state index contributed by atoms with van der Waals surface area (Å²) in [5.41, 5.74) is 0. The molecule has 2 atom stereocenters. The van der Waals surface area contributed by atoms with Crippen molar-refractivity contribution >= 4 is 11.9 Å². The average molecular weight is 213 g/mol. The second kappa shape index (κ2) is 5.73. The molecule has 0 saturated heterocycles. The summed E-state index contributed by atoms with van der Waals surface area (Å²) in [6.45, 7) is 4.86. The van der Waals surface area contributed by atoms with E-state index >= 15 is 0 Å². The van der Waals surface area contributed by atoms with Crippen LogP contribution in [0.2, 0.25) is 0 Å². The third-order valence-corrected chi connectivity index (χ3v) is 2.54. The number of nitrogens with one attached hydrogen (secondary N) is 1. The Bertz CT molecular complexity index is 240. The second-order valence-corrected chi connectivity index (χ2v) is 4.08. The van der Waals surface area contributed by atoms with E-state index in [1.165, 1.54) is 0 Å². The quantitative estimate of drug-likeness (QED) is 0.672. The van der Waals surface area contributed by atoms with Crippen molar-refractivity contribution in [2.24, 2.45) is 11.8 Å². The van der Waals surface area contributed by atoms with E-state index in [-0.39, 0.29) is 24.2 Å². The SMILES string of the molecule is CCCOC(=O)CCNC(=O)[C@@H]1C[C@@H]1C. The van der Waals surface area contributed by atoms with Crippen molar-refractivity contribution in [2.45, 2.75) is 33.1 Å². The van der Waals surface area contributed by atoms with Gasteiger partial charge in [-0.1, -0.05) is 13.8 Å². The molecule has 1 N–H and O–H groups in total. The van der Waals surface area contributed by atoms with Crippen LogP contribution in [-0.4, -0.2) is 25.0 Å². The van der Waals surface area contributed by atoms with E-state index in [1.54, 1.807) is 0 Å². The average Bonchev–Trinajstić information content (AvgIpc) is 2.92. The van der Waals surface area contributed by atoms with Crippen LogP contribution in [-0.2, 0) is 14.3 Å². The van der Waals surface area contributed by atoms with E-state index in [1.807, 2.05) is 6.92 Å². The van der Waals surface area contributed by atoms with E-state index in [9.17, 15) is 9.59 Å². The van der Waals surface area contributed by atoms with Crippen LogP contribution in [0.25, 0.3) is 0 Å². The molecule has 1 saturated carbocycles. The number of carbonyl (C=O) groups is 2. The van der Waals surface area contributed by atoms with Crippen molar-refractivity contribution in [3.05, 3.63) is 0 Å². The lowest BCUT2D eigenvalue weighted by molar-refractivity contribution is -0.143. The Morgan fingerprint density at radius 3 is 2.67 bits per heavy atom. The van der Waals surface area contributed by atoms with E-state index in [2.05, 4.69) is 12.2 Å². The zero-order chi connectivity index (χ0) is 11.3. The largest absolute Gasteiger partial charge is 0.466 e. The van der Waals surface area contributed by atoms with Gasteiger partial charge in [-0.3, -0.25) is 9.59 Å². The van der Waals surface area contributed by atoms with Gasteiger partial charge in [0.1, 0.15) is 0 Å². The Hall–Kier alpha value is -1.06. The summed E-state index contributed by atoms with van der Waals surface area (Å²) in [6.07, 6.45) is 2.08. The monoisotopic (exact) mass is 213 g/mol. The fourth-order valence-corrected chi connectivity index (χ4v) is 1.39. The normalized spacial score (nSPS) is 23.3. The minimum Gasteiger partial charge on any atom is -0.466 e. The first kappa shape index (κ1) is 12.0. The van der Waals surface area contributed by atoms with Crippen LogP contribution in [0.5, 0.6) is 0 Å². The number of esters is 1. The van der Waals surface area contributed by atoms with E-state index in [0.717, 1.165) is 12.8 Å². The molecule has 0 spiro atoms. The zero-order valence-corrected chi connectivity index (χ0v) is 9.41. The first-order valence-corrected chi connectivity index (χ1v) is 5.58. The van der Waals surface area contributed by atoms with Crippen molar-refractivity contribution in [2.75, 3.05) is 13.2 Å². The molecule has 0 aromatic rings. The third kappa shape index (κ3) is 4.32. The topological polar surface area (TPSA) is 55.4 Å². The Morgan fingerprint density at radius 2 is 2.13 bits per heavy atom. The molecule has 1 amide bonds. The molecule has 1 fully saturated rings. The first-order chi connectivity index (χ1) is 7.15. The van der Waals surface area contributed by atoms with Gasteiger partial charge in [0.15, 0.2) is 0 Å². The highest BCUT2D eigenvalue weighted by Gasteiger charge is 2.38. The summed E-state index contributed by atoms with van der Waals surface area (Å²) in [6, 6.07) is 0. The predicted molar refractivity (Wildman–Crippen MR) is 56.1 cm³/mol. The Morgan fingerprint density at radius 1 is 1.47 bits per heavy atom. The number of hydrogen-bond donors (Lipinski definition) is 1. The highest BCUT2D eigenvalue weighted by molar-refractivity contribution is 5.81. The van der Waals surface area contributed by atoms with E-state index in [4.69, 9.17) is 4.74 Å². The van der Waals surface area contributed by atoms with Gasteiger partial charge in [-0.15, -0.1) is 0 Å². The number of amides is 1. The van der Waals surface area contributed by atoms with Gasteiger partial charge in [-0.2, -0.15) is 0 Å². The van der Waals surface area contributed by atoms with Crippen LogP contribution < -0.4 is 5.32 Å². The molecule has 0 bridgehead atoms. The molecule has 0 aromatic carbocycles. The van der Waals surface area contributed by atoms with Gasteiger partial charge in [0.25, 0.3) is 0 Å². The van der Waals surface area contributed by atoms with Crippen molar-refractivity contribution in [3.63, 3.8) is 0 Å². The third-order valence-electron chi connectivity index (χ3n) is 2.54. The maximum atomic E-state index is 11.3. The number of carbonyl (C=O) groups excluding carboxylic acids is 2. The van der Waals surface area contributed by atoms with Crippen molar-refractivity contribution in [1.82, 2.24) is 5.32 Å². The van der Waals surface area contributed by atoms with Gasteiger partial charge in [-0.05, 0) is 18.8 Å². The predicted octanol–water partition coefficient (Wildman–Crippen LogP) is 1.10. The lowest BCUT2D eigenvalue weighted by Gasteiger charge is -2.04. The van der Waals surface area contributed by atoms with Gasteiger partial charge in [-0.25, -0.2) is 0 Å². The van der Waals surface area contributed by atoms with Gasteiger partial charge in [0.2, 0.25) is 5.91 Å². The Balaban J connectivity index is 2.00. The highest BCUT2D eigenvalue weighted by Crippen LogP contribution is 2.37. The summed E-state index contributed by atoms with van der Waals surface area (Å²) in [5, 5.41) is 2.74. The van der Waals surface area contributed by atoms with Crippen LogP contribution in [0.3, 0.4) is 0 Å². The summed E-state index contributed by atoms with van der Waals surface area (Å²) in [4.78, 5) is 22.4. The van der Waals surface area contributed by atoms with Crippen molar-refractivity contribution in [1.29, 1.82) is 0 Å². The lowest BCUT2D eigenvalue weighted by Crippen LogP contribution is -2.28.